The molecule has 0 unspecified atom stereocenters. The monoisotopic (exact) mass is 383 g/mol. The van der Waals surface area contributed by atoms with E-state index in [-0.39, 0.29) is 13.2 Å². The van der Waals surface area contributed by atoms with Gasteiger partial charge >= 0.3 is 0 Å². The molecule has 1 atom stereocenters. The van der Waals surface area contributed by atoms with E-state index in [4.69, 9.17) is 20.6 Å². The second-order valence-electron chi connectivity index (χ2n) is 6.16. The molecule has 6 nitrogen and oxygen atoms in total. The number of aliphatic hydroxyl groups is 1. The van der Waals surface area contributed by atoms with Crippen LogP contribution >= 0.6 is 0 Å². The van der Waals surface area contributed by atoms with Crippen molar-refractivity contribution in [3.05, 3.63) is 53.6 Å². The molecule has 2 aromatic carbocycles. The molecule has 0 aliphatic heterocycles. The van der Waals surface area contributed by atoms with Gasteiger partial charge in [-0.3, -0.25) is 4.79 Å². The highest BCUT2D eigenvalue weighted by atomic mass is 16.5. The van der Waals surface area contributed by atoms with Gasteiger partial charge in [0.1, 0.15) is 19.0 Å². The van der Waals surface area contributed by atoms with Gasteiger partial charge in [0.2, 0.25) is 0 Å². The molecule has 0 bridgehead atoms. The number of amides is 1. The number of nitrogens with one attached hydrogen (secondary N) is 1. The van der Waals surface area contributed by atoms with Crippen molar-refractivity contribution in [1.82, 2.24) is 5.32 Å². The van der Waals surface area contributed by atoms with Crippen LogP contribution in [0.4, 0.5) is 0 Å². The standard InChI is InChI=1S/C22H25NO5/c1-4-13-27-20-10-7-17(14-21(20)26-3)11-12-23-22(25)19(24)15-28-18-8-5-16(2)6-9-18/h1,5-10,14,19,24H,11-13,15H2,2-3H3,(H,23,25)/t19-/m1/s1. The number of hydrogen-bond donors (Lipinski definition) is 2. The number of ether oxygens (including phenoxy) is 3. The van der Waals surface area contributed by atoms with Crippen LogP contribution in [0.3, 0.4) is 0 Å². The first kappa shape index (κ1) is 21.1. The van der Waals surface area contributed by atoms with Gasteiger partial charge in [-0.25, -0.2) is 0 Å². The lowest BCUT2D eigenvalue weighted by atomic mass is 10.1. The van der Waals surface area contributed by atoms with Crippen molar-refractivity contribution < 1.29 is 24.1 Å². The molecule has 1 amide bonds. The highest BCUT2D eigenvalue weighted by molar-refractivity contribution is 5.80. The number of carbonyl (C=O) groups is 1. The van der Waals surface area contributed by atoms with E-state index >= 15 is 0 Å². The van der Waals surface area contributed by atoms with E-state index in [9.17, 15) is 9.90 Å². The van der Waals surface area contributed by atoms with Crippen molar-refractivity contribution >= 4 is 5.91 Å². The molecule has 0 aliphatic rings. The van der Waals surface area contributed by atoms with Crippen LogP contribution in [0.5, 0.6) is 17.2 Å². The summed E-state index contributed by atoms with van der Waals surface area (Å²) < 4.78 is 16.1. The summed E-state index contributed by atoms with van der Waals surface area (Å²) in [4.78, 5) is 12.0. The minimum Gasteiger partial charge on any atom is -0.493 e. The summed E-state index contributed by atoms with van der Waals surface area (Å²) in [5, 5.41) is 12.6. The van der Waals surface area contributed by atoms with Crippen molar-refractivity contribution in [2.45, 2.75) is 19.4 Å². The third-order valence-corrected chi connectivity index (χ3v) is 3.98. The lowest BCUT2D eigenvalue weighted by Gasteiger charge is -2.14. The molecular weight excluding hydrogens is 358 g/mol. The molecule has 0 saturated carbocycles. The summed E-state index contributed by atoms with van der Waals surface area (Å²) >= 11 is 0. The minimum absolute atomic E-state index is 0.107. The topological polar surface area (TPSA) is 77.0 Å². The Morgan fingerprint density at radius 3 is 2.61 bits per heavy atom. The predicted octanol–water partition coefficient (Wildman–Crippen LogP) is 2.11. The van der Waals surface area contributed by atoms with Crippen LogP contribution in [0.1, 0.15) is 11.1 Å². The molecule has 0 aliphatic carbocycles. The number of carbonyl (C=O) groups excluding carboxylic acids is 1. The zero-order chi connectivity index (χ0) is 20.4. The summed E-state index contributed by atoms with van der Waals surface area (Å²) in [7, 11) is 1.55. The van der Waals surface area contributed by atoms with Gasteiger partial charge in [0.05, 0.1) is 7.11 Å². The Morgan fingerprint density at radius 1 is 1.18 bits per heavy atom. The quantitative estimate of drug-likeness (QED) is 0.615. The summed E-state index contributed by atoms with van der Waals surface area (Å²) in [5.41, 5.74) is 2.06. The van der Waals surface area contributed by atoms with Gasteiger partial charge in [0, 0.05) is 6.54 Å². The zero-order valence-electron chi connectivity index (χ0n) is 16.1. The second-order valence-corrected chi connectivity index (χ2v) is 6.16. The number of rotatable bonds is 10. The molecule has 0 saturated heterocycles. The van der Waals surface area contributed by atoms with E-state index in [1.54, 1.807) is 25.3 Å². The Labute approximate surface area is 165 Å². The van der Waals surface area contributed by atoms with Gasteiger partial charge in [-0.2, -0.15) is 0 Å². The molecule has 2 N–H and O–H groups in total. The van der Waals surface area contributed by atoms with Crippen LogP contribution in [-0.4, -0.2) is 44.0 Å². The maximum Gasteiger partial charge on any atom is 0.252 e. The highest BCUT2D eigenvalue weighted by Gasteiger charge is 2.15. The maximum absolute atomic E-state index is 12.0. The van der Waals surface area contributed by atoms with E-state index in [0.29, 0.717) is 30.2 Å². The summed E-state index contributed by atoms with van der Waals surface area (Å²) in [5.74, 6) is 3.67. The smallest absolute Gasteiger partial charge is 0.252 e. The lowest BCUT2D eigenvalue weighted by molar-refractivity contribution is -0.130. The van der Waals surface area contributed by atoms with E-state index in [2.05, 4.69) is 11.2 Å². The molecule has 0 fully saturated rings. The summed E-state index contributed by atoms with van der Waals surface area (Å²) in [6.07, 6.45) is 4.52. The van der Waals surface area contributed by atoms with Crippen molar-refractivity contribution in [2.24, 2.45) is 0 Å². The second kappa shape index (κ2) is 10.9. The molecule has 0 aromatic heterocycles. The van der Waals surface area contributed by atoms with E-state index < -0.39 is 12.0 Å². The number of hydrogen-bond acceptors (Lipinski definition) is 5. The average Bonchev–Trinajstić information content (AvgIpc) is 2.71. The van der Waals surface area contributed by atoms with Gasteiger partial charge in [-0.05, 0) is 43.2 Å². The van der Waals surface area contributed by atoms with Crippen LogP contribution in [0.25, 0.3) is 0 Å². The lowest BCUT2D eigenvalue weighted by Crippen LogP contribution is -2.39. The summed E-state index contributed by atoms with van der Waals surface area (Å²) in [6, 6.07) is 12.9. The Kier molecular flexibility index (Phi) is 8.19. The predicted molar refractivity (Wildman–Crippen MR) is 107 cm³/mol. The van der Waals surface area contributed by atoms with Crippen molar-refractivity contribution in [3.8, 4) is 29.6 Å². The average molecular weight is 383 g/mol. The van der Waals surface area contributed by atoms with Crippen molar-refractivity contribution in [1.29, 1.82) is 0 Å². The first-order chi connectivity index (χ1) is 13.5. The van der Waals surface area contributed by atoms with Gasteiger partial charge < -0.3 is 24.6 Å². The van der Waals surface area contributed by atoms with Gasteiger partial charge in [0.15, 0.2) is 17.6 Å². The fourth-order valence-corrected chi connectivity index (χ4v) is 2.44. The first-order valence-corrected chi connectivity index (χ1v) is 8.92. The Morgan fingerprint density at radius 2 is 1.93 bits per heavy atom. The van der Waals surface area contributed by atoms with Crippen molar-refractivity contribution in [3.63, 3.8) is 0 Å². The number of benzene rings is 2. The Bertz CT molecular complexity index is 811. The third-order valence-electron chi connectivity index (χ3n) is 3.98. The Balaban J connectivity index is 1.77. The molecule has 2 rings (SSSR count). The van der Waals surface area contributed by atoms with Gasteiger partial charge in [0.25, 0.3) is 5.91 Å². The fraction of sp³-hybridized carbons (Fsp3) is 0.318. The fourth-order valence-electron chi connectivity index (χ4n) is 2.44. The van der Waals surface area contributed by atoms with Crippen LogP contribution in [0, 0.1) is 19.3 Å². The number of terminal acetylenes is 1. The highest BCUT2D eigenvalue weighted by Crippen LogP contribution is 2.28. The number of aliphatic hydroxyl groups excluding tert-OH is 1. The minimum atomic E-state index is -1.24. The molecule has 28 heavy (non-hydrogen) atoms. The van der Waals surface area contributed by atoms with E-state index in [1.807, 2.05) is 31.2 Å². The van der Waals surface area contributed by atoms with Gasteiger partial charge in [-0.15, -0.1) is 6.42 Å². The Hall–Kier alpha value is -3.17. The third kappa shape index (κ3) is 6.53. The maximum atomic E-state index is 12.0. The van der Waals surface area contributed by atoms with E-state index in [0.717, 1.165) is 11.1 Å². The van der Waals surface area contributed by atoms with Crippen LogP contribution in [0.2, 0.25) is 0 Å². The SMILES string of the molecule is C#CCOc1ccc(CCNC(=O)[C@H](O)COc2ccc(C)cc2)cc1OC. The van der Waals surface area contributed by atoms with Crippen LogP contribution in [-0.2, 0) is 11.2 Å². The molecule has 2 aromatic rings. The van der Waals surface area contributed by atoms with E-state index in [1.165, 1.54) is 0 Å². The largest absolute Gasteiger partial charge is 0.493 e. The first-order valence-electron chi connectivity index (χ1n) is 8.92. The molecule has 6 heteroatoms. The summed E-state index contributed by atoms with van der Waals surface area (Å²) in [6.45, 7) is 2.39. The number of aryl methyl sites for hydroxylation is 1. The normalized spacial score (nSPS) is 11.2. The molecule has 0 heterocycles. The molecule has 148 valence electrons. The zero-order valence-corrected chi connectivity index (χ0v) is 16.1. The molecule has 0 spiro atoms. The van der Waals surface area contributed by atoms with Crippen LogP contribution < -0.4 is 19.5 Å². The molecular formula is C22H25NO5. The molecule has 0 radical (unpaired) electrons. The van der Waals surface area contributed by atoms with Crippen LogP contribution in [0.15, 0.2) is 42.5 Å². The van der Waals surface area contributed by atoms with Crippen molar-refractivity contribution in [2.75, 3.05) is 26.9 Å². The number of methoxy groups -OCH3 is 1. The van der Waals surface area contributed by atoms with Gasteiger partial charge in [-0.1, -0.05) is 29.7 Å².